The summed E-state index contributed by atoms with van der Waals surface area (Å²) in [6.45, 7) is 3.92. The molecule has 1 aromatic heterocycles. The highest BCUT2D eigenvalue weighted by Crippen LogP contribution is 2.20. The average molecular weight is 187 g/mol. The van der Waals surface area contributed by atoms with Crippen LogP contribution in [0.2, 0.25) is 0 Å². The number of fused-ring (bicyclic) bond motifs is 1. The first kappa shape index (κ1) is 9.00. The molecule has 0 unspecified atom stereocenters. The first-order valence-corrected chi connectivity index (χ1v) is 4.83. The van der Waals surface area contributed by atoms with Gasteiger partial charge in [-0.1, -0.05) is 18.6 Å². The number of aromatic amines is 1. The van der Waals surface area contributed by atoms with Crippen molar-refractivity contribution in [2.75, 3.05) is 0 Å². The van der Waals surface area contributed by atoms with E-state index >= 15 is 0 Å². The third-order valence-corrected chi connectivity index (χ3v) is 2.46. The highest BCUT2D eigenvalue weighted by Gasteiger charge is 2.09. The number of aromatic nitrogens is 1. The van der Waals surface area contributed by atoms with Crippen molar-refractivity contribution in [3.8, 4) is 0 Å². The third kappa shape index (κ3) is 1.33. The van der Waals surface area contributed by atoms with E-state index in [4.69, 9.17) is 0 Å². The van der Waals surface area contributed by atoms with E-state index < -0.39 is 0 Å². The summed E-state index contributed by atoms with van der Waals surface area (Å²) in [7, 11) is 0. The molecule has 72 valence electrons. The lowest BCUT2D eigenvalue weighted by Crippen LogP contribution is -1.94. The SMILES string of the molecule is CCC(=O)c1c[nH]c2ccc(C)cc12. The molecule has 1 heterocycles. The van der Waals surface area contributed by atoms with E-state index in [1.165, 1.54) is 5.56 Å². The lowest BCUT2D eigenvalue weighted by molar-refractivity contribution is 0.0990. The molecule has 0 saturated heterocycles. The van der Waals surface area contributed by atoms with Gasteiger partial charge in [-0.05, 0) is 19.1 Å². The van der Waals surface area contributed by atoms with Crippen molar-refractivity contribution < 1.29 is 4.79 Å². The van der Waals surface area contributed by atoms with Crippen LogP contribution in [-0.2, 0) is 0 Å². The Labute approximate surface area is 82.9 Å². The predicted molar refractivity (Wildman–Crippen MR) is 57.7 cm³/mol. The predicted octanol–water partition coefficient (Wildman–Crippen LogP) is 3.07. The van der Waals surface area contributed by atoms with E-state index in [2.05, 4.69) is 11.1 Å². The van der Waals surface area contributed by atoms with Crippen LogP contribution in [0, 0.1) is 6.92 Å². The highest BCUT2D eigenvalue weighted by atomic mass is 16.1. The third-order valence-electron chi connectivity index (χ3n) is 2.46. The Bertz CT molecular complexity index is 482. The van der Waals surface area contributed by atoms with Gasteiger partial charge in [-0.25, -0.2) is 0 Å². The van der Waals surface area contributed by atoms with Crippen LogP contribution in [0.4, 0.5) is 0 Å². The molecule has 0 bridgehead atoms. The summed E-state index contributed by atoms with van der Waals surface area (Å²) in [6.07, 6.45) is 2.36. The molecule has 0 aliphatic carbocycles. The molecule has 0 atom stereocenters. The van der Waals surface area contributed by atoms with Gasteiger partial charge in [-0.3, -0.25) is 4.79 Å². The molecule has 2 heteroatoms. The fraction of sp³-hybridized carbons (Fsp3) is 0.250. The second-order valence-electron chi connectivity index (χ2n) is 3.53. The van der Waals surface area contributed by atoms with Gasteiger partial charge in [0.25, 0.3) is 0 Å². The van der Waals surface area contributed by atoms with Gasteiger partial charge in [0.2, 0.25) is 0 Å². The summed E-state index contributed by atoms with van der Waals surface area (Å²) in [5, 5.41) is 1.04. The summed E-state index contributed by atoms with van der Waals surface area (Å²) in [5.74, 6) is 0.196. The molecule has 1 aromatic carbocycles. The van der Waals surface area contributed by atoms with Crippen LogP contribution < -0.4 is 0 Å². The fourth-order valence-electron chi connectivity index (χ4n) is 1.66. The smallest absolute Gasteiger partial charge is 0.164 e. The maximum Gasteiger partial charge on any atom is 0.164 e. The number of rotatable bonds is 2. The highest BCUT2D eigenvalue weighted by molar-refractivity contribution is 6.07. The van der Waals surface area contributed by atoms with E-state index in [-0.39, 0.29) is 5.78 Å². The summed E-state index contributed by atoms with van der Waals surface area (Å²) >= 11 is 0. The molecule has 0 aliphatic rings. The minimum atomic E-state index is 0.196. The van der Waals surface area contributed by atoms with E-state index in [1.807, 2.05) is 26.0 Å². The minimum Gasteiger partial charge on any atom is -0.360 e. The Kier molecular flexibility index (Phi) is 2.12. The zero-order chi connectivity index (χ0) is 10.1. The molecule has 14 heavy (non-hydrogen) atoms. The Morgan fingerprint density at radius 3 is 2.93 bits per heavy atom. The number of nitrogens with one attached hydrogen (secondary N) is 1. The molecule has 0 radical (unpaired) electrons. The monoisotopic (exact) mass is 187 g/mol. The molecule has 0 fully saturated rings. The van der Waals surface area contributed by atoms with Crippen LogP contribution in [0.25, 0.3) is 10.9 Å². The van der Waals surface area contributed by atoms with Gasteiger partial charge >= 0.3 is 0 Å². The zero-order valence-electron chi connectivity index (χ0n) is 8.42. The molecule has 1 N–H and O–H groups in total. The van der Waals surface area contributed by atoms with Crippen LogP contribution in [0.5, 0.6) is 0 Å². The van der Waals surface area contributed by atoms with Gasteiger partial charge in [0.05, 0.1) is 0 Å². The van der Waals surface area contributed by atoms with Crippen LogP contribution in [0.15, 0.2) is 24.4 Å². The van der Waals surface area contributed by atoms with Crippen molar-refractivity contribution in [1.82, 2.24) is 4.98 Å². The first-order chi connectivity index (χ1) is 6.72. The number of hydrogen-bond donors (Lipinski definition) is 1. The molecule has 0 saturated carbocycles. The quantitative estimate of drug-likeness (QED) is 0.720. The van der Waals surface area contributed by atoms with Crippen LogP contribution in [-0.4, -0.2) is 10.8 Å². The zero-order valence-corrected chi connectivity index (χ0v) is 8.42. The van der Waals surface area contributed by atoms with E-state index in [1.54, 1.807) is 6.20 Å². The molecule has 0 aliphatic heterocycles. The number of ketones is 1. The van der Waals surface area contributed by atoms with Gasteiger partial charge < -0.3 is 4.98 Å². The fourth-order valence-corrected chi connectivity index (χ4v) is 1.66. The maximum atomic E-state index is 11.6. The summed E-state index contributed by atoms with van der Waals surface area (Å²) in [4.78, 5) is 14.7. The van der Waals surface area contributed by atoms with Gasteiger partial charge in [-0.2, -0.15) is 0 Å². The molecular weight excluding hydrogens is 174 g/mol. The largest absolute Gasteiger partial charge is 0.360 e. The number of aryl methyl sites for hydroxylation is 1. The standard InChI is InChI=1S/C12H13NO/c1-3-12(14)10-7-13-11-5-4-8(2)6-9(10)11/h4-7,13H,3H2,1-2H3. The second kappa shape index (κ2) is 3.29. The number of hydrogen-bond acceptors (Lipinski definition) is 1. The van der Waals surface area contributed by atoms with E-state index in [0.717, 1.165) is 16.5 Å². The second-order valence-corrected chi connectivity index (χ2v) is 3.53. The number of benzene rings is 1. The minimum absolute atomic E-state index is 0.196. The van der Waals surface area contributed by atoms with Gasteiger partial charge in [0.15, 0.2) is 5.78 Å². The average Bonchev–Trinajstić information content (AvgIpc) is 2.59. The lowest BCUT2D eigenvalue weighted by atomic mass is 10.1. The van der Waals surface area contributed by atoms with Crippen molar-refractivity contribution in [2.24, 2.45) is 0 Å². The molecule has 0 amide bonds. The Hall–Kier alpha value is -1.57. The Morgan fingerprint density at radius 1 is 1.43 bits per heavy atom. The number of carbonyl (C=O) groups excluding carboxylic acids is 1. The summed E-state index contributed by atoms with van der Waals surface area (Å²) < 4.78 is 0. The lowest BCUT2D eigenvalue weighted by Gasteiger charge is -1.96. The van der Waals surface area contributed by atoms with Gasteiger partial charge in [-0.15, -0.1) is 0 Å². The van der Waals surface area contributed by atoms with Gasteiger partial charge in [0, 0.05) is 29.1 Å². The van der Waals surface area contributed by atoms with E-state index in [0.29, 0.717) is 6.42 Å². The van der Waals surface area contributed by atoms with Crippen LogP contribution >= 0.6 is 0 Å². The summed E-state index contributed by atoms with van der Waals surface area (Å²) in [6, 6.07) is 6.10. The Morgan fingerprint density at radius 2 is 2.21 bits per heavy atom. The molecule has 0 spiro atoms. The topological polar surface area (TPSA) is 32.9 Å². The van der Waals surface area contributed by atoms with Crippen LogP contribution in [0.1, 0.15) is 29.3 Å². The summed E-state index contributed by atoms with van der Waals surface area (Å²) in [5.41, 5.74) is 3.03. The van der Waals surface area contributed by atoms with Crippen molar-refractivity contribution in [3.05, 3.63) is 35.5 Å². The van der Waals surface area contributed by atoms with E-state index in [9.17, 15) is 4.79 Å². The molecule has 2 aromatic rings. The number of H-pyrrole nitrogens is 1. The maximum absolute atomic E-state index is 11.6. The van der Waals surface area contributed by atoms with Gasteiger partial charge in [0.1, 0.15) is 0 Å². The number of carbonyl (C=O) groups is 1. The normalized spacial score (nSPS) is 10.7. The van der Waals surface area contributed by atoms with Crippen molar-refractivity contribution in [2.45, 2.75) is 20.3 Å². The van der Waals surface area contributed by atoms with Crippen molar-refractivity contribution >= 4 is 16.7 Å². The molecule has 2 nitrogen and oxygen atoms in total. The van der Waals surface area contributed by atoms with Crippen molar-refractivity contribution in [3.63, 3.8) is 0 Å². The first-order valence-electron chi connectivity index (χ1n) is 4.83. The molecular formula is C12H13NO. The van der Waals surface area contributed by atoms with Crippen molar-refractivity contribution in [1.29, 1.82) is 0 Å². The Balaban J connectivity index is 2.67. The van der Waals surface area contributed by atoms with Crippen LogP contribution in [0.3, 0.4) is 0 Å². The molecule has 2 rings (SSSR count). The number of Topliss-reactive ketones (excluding diaryl/α,β-unsaturated/α-hetero) is 1.